The van der Waals surface area contributed by atoms with Gasteiger partial charge in [0.1, 0.15) is 6.54 Å². The molecule has 1 aliphatic heterocycles. The molecule has 0 aromatic heterocycles. The van der Waals surface area contributed by atoms with Gasteiger partial charge in [-0.25, -0.2) is 0 Å². The van der Waals surface area contributed by atoms with E-state index in [0.29, 0.717) is 30.8 Å². The summed E-state index contributed by atoms with van der Waals surface area (Å²) in [6.07, 6.45) is 2.02. The number of carbonyl (C=O) groups excluding carboxylic acids is 1. The Morgan fingerprint density at radius 1 is 0.917 bits per heavy atom. The summed E-state index contributed by atoms with van der Waals surface area (Å²) in [4.78, 5) is 17.5. The molecule has 0 radical (unpaired) electrons. The Balaban J connectivity index is 0.00000361. The van der Waals surface area contributed by atoms with Gasteiger partial charge < -0.3 is 27.3 Å². The minimum atomic E-state index is -0.832. The molecule has 4 rings (SSSR count). The summed E-state index contributed by atoms with van der Waals surface area (Å²) in [5, 5.41) is 12.0. The van der Waals surface area contributed by atoms with Crippen molar-refractivity contribution in [3.8, 4) is 0 Å². The zero-order chi connectivity index (χ0) is 24.9. The number of nitrogens with zero attached hydrogens (tertiary/aromatic N) is 1. The second kappa shape index (κ2) is 12.4. The standard InChI is InChI=1S/C30H35ClN2O2.ClH/c1-32(2)23-28(34)30(25-9-5-3-6-10-25,26-11-7-4-8-12-26)19-22-33-20-17-29(35,18-21-33)24-13-15-27(31)16-14-24;/h3-16,35H,17-23H2,1-2H3;1H. The normalized spacial score (nSPS) is 15.9. The second-order valence-electron chi connectivity index (χ2n) is 10.1. The first-order valence-corrected chi connectivity index (χ1v) is 12.9. The average molecular weight is 528 g/mol. The Bertz CT molecular complexity index is 1060. The number of hydrogen-bond donors (Lipinski definition) is 2. The molecule has 36 heavy (non-hydrogen) atoms. The van der Waals surface area contributed by atoms with Gasteiger partial charge in [-0.05, 0) is 54.6 Å². The van der Waals surface area contributed by atoms with E-state index < -0.39 is 11.0 Å². The minimum Gasteiger partial charge on any atom is -1.00 e. The average Bonchev–Trinajstić information content (AvgIpc) is 2.87. The lowest BCUT2D eigenvalue weighted by Crippen LogP contribution is -3.07. The van der Waals surface area contributed by atoms with Crippen molar-refractivity contribution in [3.05, 3.63) is 107 Å². The van der Waals surface area contributed by atoms with Gasteiger partial charge in [0, 0.05) is 18.1 Å². The summed E-state index contributed by atoms with van der Waals surface area (Å²) in [7, 11) is 4.06. The van der Waals surface area contributed by atoms with Crippen LogP contribution in [0.15, 0.2) is 84.9 Å². The van der Waals surface area contributed by atoms with E-state index in [1.807, 2.05) is 74.8 Å². The Morgan fingerprint density at radius 3 is 1.89 bits per heavy atom. The first-order chi connectivity index (χ1) is 16.8. The number of Topliss-reactive ketones (excluding diaryl/α,β-unsaturated/α-hetero) is 1. The minimum absolute atomic E-state index is 0. The van der Waals surface area contributed by atoms with Gasteiger partial charge in [0.05, 0.1) is 25.1 Å². The van der Waals surface area contributed by atoms with Gasteiger partial charge in [-0.3, -0.25) is 4.79 Å². The van der Waals surface area contributed by atoms with E-state index in [4.69, 9.17) is 11.6 Å². The van der Waals surface area contributed by atoms with Crippen LogP contribution in [0.25, 0.3) is 0 Å². The van der Waals surface area contributed by atoms with Crippen molar-refractivity contribution in [2.75, 3.05) is 40.3 Å². The first kappa shape index (κ1) is 28.4. The molecule has 0 aliphatic carbocycles. The number of carbonyl (C=O) groups is 1. The lowest BCUT2D eigenvalue weighted by molar-refractivity contribution is -0.849. The number of hydrogen-bond acceptors (Lipinski definition) is 3. The largest absolute Gasteiger partial charge is 1.00 e. The molecule has 0 amide bonds. The molecule has 0 unspecified atom stereocenters. The molecule has 0 bridgehead atoms. The van der Waals surface area contributed by atoms with Crippen LogP contribution in [-0.4, -0.2) is 56.1 Å². The van der Waals surface area contributed by atoms with Crippen molar-refractivity contribution in [1.29, 1.82) is 0 Å². The van der Waals surface area contributed by atoms with Crippen molar-refractivity contribution in [3.63, 3.8) is 0 Å². The van der Waals surface area contributed by atoms with Crippen LogP contribution < -0.4 is 17.3 Å². The molecule has 0 saturated carbocycles. The molecule has 0 atom stereocenters. The van der Waals surface area contributed by atoms with Gasteiger partial charge in [-0.1, -0.05) is 84.4 Å². The molecule has 1 aliphatic rings. The number of benzene rings is 3. The van der Waals surface area contributed by atoms with Gasteiger partial charge in [0.15, 0.2) is 0 Å². The quantitative estimate of drug-likeness (QED) is 0.431. The smallest absolute Gasteiger partial charge is 0.201 e. The van der Waals surface area contributed by atoms with E-state index in [-0.39, 0.29) is 18.2 Å². The van der Waals surface area contributed by atoms with Crippen molar-refractivity contribution in [2.24, 2.45) is 0 Å². The third-order valence-corrected chi connectivity index (χ3v) is 7.64. The molecule has 192 valence electrons. The van der Waals surface area contributed by atoms with Crippen LogP contribution in [0.3, 0.4) is 0 Å². The van der Waals surface area contributed by atoms with Crippen molar-refractivity contribution >= 4 is 17.4 Å². The van der Waals surface area contributed by atoms with Crippen LogP contribution in [0, 0.1) is 0 Å². The molecule has 4 nitrogen and oxygen atoms in total. The maximum atomic E-state index is 14.0. The topological polar surface area (TPSA) is 45.0 Å². The van der Waals surface area contributed by atoms with Crippen LogP contribution in [0.5, 0.6) is 0 Å². The summed E-state index contributed by atoms with van der Waals surface area (Å²) >= 11 is 6.04. The van der Waals surface area contributed by atoms with Crippen LogP contribution in [-0.2, 0) is 15.8 Å². The van der Waals surface area contributed by atoms with Crippen molar-refractivity contribution in [2.45, 2.75) is 30.3 Å². The zero-order valence-electron chi connectivity index (χ0n) is 21.1. The Labute approximate surface area is 226 Å². The summed E-state index contributed by atoms with van der Waals surface area (Å²) in [5.74, 6) is 0.240. The van der Waals surface area contributed by atoms with E-state index in [0.717, 1.165) is 41.2 Å². The van der Waals surface area contributed by atoms with E-state index in [9.17, 15) is 9.90 Å². The van der Waals surface area contributed by atoms with Gasteiger partial charge in [0.25, 0.3) is 0 Å². The number of piperidine rings is 1. The molecule has 1 heterocycles. The monoisotopic (exact) mass is 526 g/mol. The molecular weight excluding hydrogens is 491 g/mol. The van der Waals surface area contributed by atoms with E-state index in [2.05, 4.69) is 29.2 Å². The Kier molecular flexibility index (Phi) is 9.73. The molecule has 1 fully saturated rings. The number of halogens is 2. The van der Waals surface area contributed by atoms with Gasteiger partial charge in [-0.15, -0.1) is 0 Å². The fourth-order valence-corrected chi connectivity index (χ4v) is 5.48. The maximum Gasteiger partial charge on any atom is 0.201 e. The number of likely N-dealkylation sites (N-methyl/N-ethyl adjacent to an activating group) is 1. The highest BCUT2D eigenvalue weighted by molar-refractivity contribution is 6.30. The van der Waals surface area contributed by atoms with Crippen molar-refractivity contribution < 1.29 is 27.2 Å². The van der Waals surface area contributed by atoms with E-state index >= 15 is 0 Å². The molecular formula is C30H36Cl2N2O2. The molecule has 3 aromatic carbocycles. The maximum absolute atomic E-state index is 14.0. The third kappa shape index (κ3) is 6.19. The summed E-state index contributed by atoms with van der Waals surface area (Å²) < 4.78 is 0. The van der Waals surface area contributed by atoms with E-state index in [1.165, 1.54) is 0 Å². The van der Waals surface area contributed by atoms with Crippen LogP contribution >= 0.6 is 11.6 Å². The SMILES string of the molecule is C[NH+](C)CC(=O)C(CCN1CCC(O)(c2ccc(Cl)cc2)CC1)(c1ccccc1)c1ccccc1.[Cl-]. The second-order valence-corrected chi connectivity index (χ2v) is 10.5. The number of ketones is 1. The zero-order valence-corrected chi connectivity index (χ0v) is 22.6. The number of quaternary nitrogens is 1. The highest BCUT2D eigenvalue weighted by Crippen LogP contribution is 2.38. The summed E-state index contributed by atoms with van der Waals surface area (Å²) in [5.41, 5.74) is 1.48. The predicted octanol–water partition coefficient (Wildman–Crippen LogP) is 0.717. The van der Waals surface area contributed by atoms with Gasteiger partial charge in [-0.2, -0.15) is 0 Å². The van der Waals surface area contributed by atoms with Gasteiger partial charge in [0.2, 0.25) is 5.78 Å². The third-order valence-electron chi connectivity index (χ3n) is 7.39. The molecule has 0 spiro atoms. The fraction of sp³-hybridized carbons (Fsp3) is 0.367. The fourth-order valence-electron chi connectivity index (χ4n) is 5.36. The molecule has 6 heteroatoms. The Hall–Kier alpha value is -2.21. The van der Waals surface area contributed by atoms with E-state index in [1.54, 1.807) is 0 Å². The number of likely N-dealkylation sites (tertiary alicyclic amines) is 1. The van der Waals surface area contributed by atoms with Crippen LogP contribution in [0.1, 0.15) is 36.0 Å². The van der Waals surface area contributed by atoms with Crippen LogP contribution in [0.4, 0.5) is 0 Å². The number of rotatable bonds is 9. The lowest BCUT2D eigenvalue weighted by atomic mass is 9.68. The molecule has 2 N–H and O–H groups in total. The summed E-state index contributed by atoms with van der Waals surface area (Å²) in [6.45, 7) is 2.81. The predicted molar refractivity (Wildman–Crippen MR) is 142 cm³/mol. The van der Waals surface area contributed by atoms with Crippen molar-refractivity contribution in [1.82, 2.24) is 4.90 Å². The number of nitrogens with one attached hydrogen (secondary N) is 1. The first-order valence-electron chi connectivity index (χ1n) is 12.5. The van der Waals surface area contributed by atoms with Gasteiger partial charge >= 0.3 is 0 Å². The van der Waals surface area contributed by atoms with Crippen LogP contribution in [0.2, 0.25) is 5.02 Å². The summed E-state index contributed by atoms with van der Waals surface area (Å²) in [6, 6.07) is 28.0. The highest BCUT2D eigenvalue weighted by Gasteiger charge is 2.43. The number of aliphatic hydroxyl groups is 1. The highest BCUT2D eigenvalue weighted by atomic mass is 35.5. The Morgan fingerprint density at radius 2 is 1.42 bits per heavy atom. The molecule has 1 saturated heterocycles. The lowest BCUT2D eigenvalue weighted by Gasteiger charge is -2.41. The molecule has 3 aromatic rings.